The lowest BCUT2D eigenvalue weighted by Gasteiger charge is -2.25. The number of nitrogens with zero attached hydrogens (tertiary/aromatic N) is 1. The summed E-state index contributed by atoms with van der Waals surface area (Å²) in [5.74, 6) is -0.176. The molecule has 1 amide bonds. The fraction of sp³-hybridized carbons (Fsp3) is 0.879. The van der Waals surface area contributed by atoms with Crippen molar-refractivity contribution in [1.82, 2.24) is 5.32 Å². The van der Waals surface area contributed by atoms with E-state index in [1.807, 2.05) is 27.2 Å². The van der Waals surface area contributed by atoms with Gasteiger partial charge in [-0.25, -0.2) is 4.57 Å². The third-order valence-electron chi connectivity index (χ3n) is 13.1. The Hall–Kier alpha value is -1.28. The second-order valence-corrected chi connectivity index (χ2v) is 22.5. The summed E-state index contributed by atoms with van der Waals surface area (Å²) in [5, 5.41) is 13.9. The van der Waals surface area contributed by atoms with Crippen LogP contribution in [0, 0.1) is 0 Å². The van der Waals surface area contributed by atoms with Gasteiger partial charge in [0.15, 0.2) is 0 Å². The summed E-state index contributed by atoms with van der Waals surface area (Å²) in [7, 11) is 1.58. The molecule has 3 unspecified atom stereocenters. The Morgan fingerprint density at radius 2 is 0.851 bits per heavy atom. The third-order valence-corrected chi connectivity index (χ3v) is 14.1. The number of rotatable bonds is 53. The van der Waals surface area contributed by atoms with Crippen LogP contribution in [0.5, 0.6) is 0 Å². The predicted octanol–water partition coefficient (Wildman–Crippen LogP) is 17.4. The fourth-order valence-corrected chi connectivity index (χ4v) is 9.28. The molecule has 0 rings (SSSR count). The van der Waals surface area contributed by atoms with E-state index in [4.69, 9.17) is 9.05 Å². The Labute approximate surface area is 417 Å². The number of aliphatic hydroxyl groups excluding tert-OH is 1. The van der Waals surface area contributed by atoms with E-state index in [9.17, 15) is 19.4 Å². The number of carbonyl (C=O) groups is 1. The molecule has 0 saturated carbocycles. The molecule has 0 aliphatic carbocycles. The lowest BCUT2D eigenvalue weighted by Crippen LogP contribution is -2.45. The Bertz CT molecular complexity index is 1190. The molecule has 0 bridgehead atoms. The van der Waals surface area contributed by atoms with Crippen molar-refractivity contribution < 1.29 is 32.9 Å². The molecule has 3 N–H and O–H groups in total. The SMILES string of the molecule is CCCCCCCCCCC/C=C\C/C=C\CCCCCCCCCCCCCC(=O)NC(COP(=O)(O)OCC[N+](C)(C)C)C(O)/C=C/CCCCCCCCCCCCCCCCCC. The normalized spacial score (nSPS) is 14.2. The standard InChI is InChI=1S/C58H113N2O6P/c1-6-8-10-12-14-16-18-20-22-24-26-27-28-29-30-31-32-33-34-36-38-40-42-44-46-48-50-52-58(62)59-56(55-66-67(63,64)65-54-53-60(3,4)5)57(61)51-49-47-45-43-41-39-37-35-25-23-21-19-17-15-13-11-9-7-2/h26-27,29-30,49,51,56-57,61H,6-25,28,31-48,50,52-55H2,1-5H3,(H-,59,62,63,64)/p+1/b27-26-,30-29-,51-49+. The average Bonchev–Trinajstić information content (AvgIpc) is 3.29. The maximum atomic E-state index is 13.0. The highest BCUT2D eigenvalue weighted by molar-refractivity contribution is 7.47. The monoisotopic (exact) mass is 966 g/mol. The molecule has 396 valence electrons. The van der Waals surface area contributed by atoms with Crippen LogP contribution in [0.2, 0.25) is 0 Å². The first-order chi connectivity index (χ1) is 32.5. The molecule has 0 aliphatic heterocycles. The molecule has 0 fully saturated rings. The van der Waals surface area contributed by atoms with Crippen LogP contribution in [0.15, 0.2) is 36.5 Å². The summed E-state index contributed by atoms with van der Waals surface area (Å²) in [4.78, 5) is 23.3. The largest absolute Gasteiger partial charge is 0.472 e. The first-order valence-electron chi connectivity index (χ1n) is 28.9. The minimum absolute atomic E-state index is 0.0617. The lowest BCUT2D eigenvalue weighted by molar-refractivity contribution is -0.870. The molecule has 0 aromatic heterocycles. The quantitative estimate of drug-likeness (QED) is 0.0243. The Morgan fingerprint density at radius 1 is 0.507 bits per heavy atom. The second-order valence-electron chi connectivity index (χ2n) is 21.0. The number of hydrogen-bond donors (Lipinski definition) is 3. The van der Waals surface area contributed by atoms with Crippen LogP contribution >= 0.6 is 7.82 Å². The van der Waals surface area contributed by atoms with Gasteiger partial charge in [-0.15, -0.1) is 0 Å². The van der Waals surface area contributed by atoms with Gasteiger partial charge in [0.25, 0.3) is 0 Å². The number of quaternary nitrogens is 1. The maximum Gasteiger partial charge on any atom is 0.472 e. The summed E-state index contributed by atoms with van der Waals surface area (Å²) in [6.45, 7) is 4.84. The van der Waals surface area contributed by atoms with Crippen LogP contribution in [0.25, 0.3) is 0 Å². The van der Waals surface area contributed by atoms with Crippen molar-refractivity contribution in [2.45, 2.75) is 289 Å². The van der Waals surface area contributed by atoms with E-state index in [0.29, 0.717) is 17.4 Å². The van der Waals surface area contributed by atoms with E-state index in [1.54, 1.807) is 6.08 Å². The van der Waals surface area contributed by atoms with Crippen molar-refractivity contribution in [3.63, 3.8) is 0 Å². The molecule has 0 aromatic carbocycles. The second kappa shape index (κ2) is 49.7. The number of carbonyl (C=O) groups excluding carboxylic acids is 1. The summed E-state index contributed by atoms with van der Waals surface area (Å²) in [6.07, 6.45) is 63.8. The highest BCUT2D eigenvalue weighted by atomic mass is 31.2. The number of phosphoric ester groups is 1. The lowest BCUT2D eigenvalue weighted by atomic mass is 10.0. The molecule has 3 atom stereocenters. The molecule has 0 spiro atoms. The van der Waals surface area contributed by atoms with E-state index in [2.05, 4.69) is 43.5 Å². The number of hydrogen-bond acceptors (Lipinski definition) is 5. The molecule has 0 radical (unpaired) electrons. The number of allylic oxidation sites excluding steroid dienone is 5. The highest BCUT2D eigenvalue weighted by Gasteiger charge is 2.27. The number of aliphatic hydroxyl groups is 1. The number of amides is 1. The zero-order valence-electron chi connectivity index (χ0n) is 45.2. The zero-order valence-corrected chi connectivity index (χ0v) is 46.0. The minimum atomic E-state index is -4.35. The van der Waals surface area contributed by atoms with Crippen LogP contribution in [0.4, 0.5) is 0 Å². The van der Waals surface area contributed by atoms with Gasteiger partial charge < -0.3 is 19.8 Å². The van der Waals surface area contributed by atoms with Crippen molar-refractivity contribution in [2.24, 2.45) is 0 Å². The molecular formula is C58H114N2O6P+. The van der Waals surface area contributed by atoms with Crippen molar-refractivity contribution in [3.05, 3.63) is 36.5 Å². The summed E-state index contributed by atoms with van der Waals surface area (Å²) in [5.41, 5.74) is 0. The van der Waals surface area contributed by atoms with E-state index in [1.165, 1.54) is 212 Å². The number of likely N-dealkylation sites (N-methyl/N-ethyl adjacent to an activating group) is 1. The Balaban J connectivity index is 4.18. The van der Waals surface area contributed by atoms with E-state index < -0.39 is 20.0 Å². The van der Waals surface area contributed by atoms with E-state index in [-0.39, 0.29) is 19.1 Å². The van der Waals surface area contributed by atoms with Crippen LogP contribution in [0.3, 0.4) is 0 Å². The van der Waals surface area contributed by atoms with Gasteiger partial charge in [-0.3, -0.25) is 13.8 Å². The van der Waals surface area contributed by atoms with Gasteiger partial charge in [-0.1, -0.05) is 256 Å². The zero-order chi connectivity index (χ0) is 49.2. The van der Waals surface area contributed by atoms with E-state index >= 15 is 0 Å². The smallest absolute Gasteiger partial charge is 0.387 e. The summed E-state index contributed by atoms with van der Waals surface area (Å²) in [6, 6.07) is -0.847. The van der Waals surface area contributed by atoms with Gasteiger partial charge in [0.1, 0.15) is 13.2 Å². The van der Waals surface area contributed by atoms with Crippen LogP contribution in [-0.4, -0.2) is 73.4 Å². The van der Waals surface area contributed by atoms with E-state index in [0.717, 1.165) is 44.9 Å². The fourth-order valence-electron chi connectivity index (χ4n) is 8.54. The van der Waals surface area contributed by atoms with Crippen LogP contribution in [0.1, 0.15) is 277 Å². The van der Waals surface area contributed by atoms with Crippen molar-refractivity contribution in [1.29, 1.82) is 0 Å². The molecule has 0 saturated heterocycles. The maximum absolute atomic E-state index is 13.0. The van der Waals surface area contributed by atoms with Crippen molar-refractivity contribution in [3.8, 4) is 0 Å². The Kier molecular flexibility index (Phi) is 48.7. The van der Waals surface area contributed by atoms with Gasteiger partial charge in [-0.05, 0) is 51.4 Å². The molecule has 0 aliphatic rings. The van der Waals surface area contributed by atoms with Crippen LogP contribution in [-0.2, 0) is 18.4 Å². The predicted molar refractivity (Wildman–Crippen MR) is 291 cm³/mol. The highest BCUT2D eigenvalue weighted by Crippen LogP contribution is 2.43. The first kappa shape index (κ1) is 65.7. The molecule has 8 nitrogen and oxygen atoms in total. The van der Waals surface area contributed by atoms with Crippen molar-refractivity contribution >= 4 is 13.7 Å². The molecule has 9 heteroatoms. The van der Waals surface area contributed by atoms with Gasteiger partial charge in [0.05, 0.1) is 39.9 Å². The van der Waals surface area contributed by atoms with Crippen molar-refractivity contribution in [2.75, 3.05) is 40.9 Å². The molecule has 67 heavy (non-hydrogen) atoms. The molecular weight excluding hydrogens is 852 g/mol. The number of phosphoric acid groups is 1. The molecule has 0 aromatic rings. The van der Waals surface area contributed by atoms with Gasteiger partial charge in [-0.2, -0.15) is 0 Å². The molecule has 0 heterocycles. The van der Waals surface area contributed by atoms with Gasteiger partial charge in [0, 0.05) is 6.42 Å². The Morgan fingerprint density at radius 3 is 1.22 bits per heavy atom. The van der Waals surface area contributed by atoms with Gasteiger partial charge in [0.2, 0.25) is 5.91 Å². The number of nitrogens with one attached hydrogen (secondary N) is 1. The average molecular weight is 967 g/mol. The minimum Gasteiger partial charge on any atom is -0.387 e. The topological polar surface area (TPSA) is 105 Å². The summed E-state index contributed by atoms with van der Waals surface area (Å²) >= 11 is 0. The van der Waals surface area contributed by atoms with Gasteiger partial charge >= 0.3 is 7.82 Å². The van der Waals surface area contributed by atoms with Crippen LogP contribution < -0.4 is 5.32 Å². The number of unbranched alkanes of at least 4 members (excludes halogenated alkanes) is 36. The summed E-state index contributed by atoms with van der Waals surface area (Å²) < 4.78 is 23.7. The first-order valence-corrected chi connectivity index (χ1v) is 30.4. The third kappa shape index (κ3) is 52.4.